The van der Waals surface area contributed by atoms with E-state index in [4.69, 9.17) is 4.74 Å². The van der Waals surface area contributed by atoms with Crippen LogP contribution in [0.25, 0.3) is 22.4 Å². The first-order chi connectivity index (χ1) is 15.1. The molecule has 0 aliphatic carbocycles. The van der Waals surface area contributed by atoms with Crippen molar-refractivity contribution in [2.45, 2.75) is 19.8 Å². The van der Waals surface area contributed by atoms with Gasteiger partial charge >= 0.3 is 0 Å². The summed E-state index contributed by atoms with van der Waals surface area (Å²) in [6.45, 7) is 1.95. The molecule has 4 rings (SSSR count). The van der Waals surface area contributed by atoms with Crippen LogP contribution in [0.15, 0.2) is 72.8 Å². The van der Waals surface area contributed by atoms with E-state index in [1.54, 1.807) is 24.3 Å². The molecule has 0 saturated heterocycles. The number of hydrogen-bond acceptors (Lipinski definition) is 4. The van der Waals surface area contributed by atoms with Crippen molar-refractivity contribution < 1.29 is 14.3 Å². The maximum absolute atomic E-state index is 12.3. The summed E-state index contributed by atoms with van der Waals surface area (Å²) in [6.07, 6.45) is 0.934. The van der Waals surface area contributed by atoms with E-state index in [2.05, 4.69) is 15.3 Å². The molecular formula is C25H23N3O3. The van der Waals surface area contributed by atoms with Crippen molar-refractivity contribution in [2.24, 2.45) is 0 Å². The van der Waals surface area contributed by atoms with Crippen LogP contribution in [-0.4, -0.2) is 28.3 Å². The lowest BCUT2D eigenvalue weighted by Gasteiger charge is -2.08. The van der Waals surface area contributed by atoms with Crippen LogP contribution in [0.4, 0.5) is 5.69 Å². The summed E-state index contributed by atoms with van der Waals surface area (Å²) < 4.78 is 5.64. The molecule has 6 nitrogen and oxygen atoms in total. The number of aromatic nitrogens is 2. The summed E-state index contributed by atoms with van der Waals surface area (Å²) >= 11 is 0. The van der Waals surface area contributed by atoms with Crippen LogP contribution in [0.3, 0.4) is 0 Å². The van der Waals surface area contributed by atoms with Crippen molar-refractivity contribution >= 4 is 28.4 Å². The van der Waals surface area contributed by atoms with Crippen LogP contribution >= 0.6 is 0 Å². The van der Waals surface area contributed by atoms with E-state index in [0.29, 0.717) is 30.8 Å². The summed E-state index contributed by atoms with van der Waals surface area (Å²) in [6, 6.07) is 22.5. The number of ether oxygens (including phenoxy) is 1. The van der Waals surface area contributed by atoms with E-state index in [1.165, 1.54) is 6.92 Å². The number of fused-ring (bicyclic) bond motifs is 1. The summed E-state index contributed by atoms with van der Waals surface area (Å²) in [5.41, 5.74) is 4.16. The summed E-state index contributed by atoms with van der Waals surface area (Å²) in [4.78, 5) is 31.5. The lowest BCUT2D eigenvalue weighted by molar-refractivity contribution is -0.116. The Kier molecular flexibility index (Phi) is 6.08. The molecule has 0 fully saturated rings. The minimum absolute atomic E-state index is 0.0209. The molecule has 0 atom stereocenters. The smallest absolute Gasteiger partial charge is 0.224 e. The Bertz CT molecular complexity index is 1180. The number of para-hydroxylation sites is 2. The summed E-state index contributed by atoms with van der Waals surface area (Å²) in [5.74, 6) is 1.40. The highest BCUT2D eigenvalue weighted by Crippen LogP contribution is 2.23. The van der Waals surface area contributed by atoms with Crippen LogP contribution in [0, 0.1) is 0 Å². The van der Waals surface area contributed by atoms with E-state index in [1.807, 2.05) is 48.5 Å². The van der Waals surface area contributed by atoms with Gasteiger partial charge in [0.1, 0.15) is 11.6 Å². The molecule has 0 spiro atoms. The first kappa shape index (κ1) is 20.3. The maximum Gasteiger partial charge on any atom is 0.224 e. The third-order valence-corrected chi connectivity index (χ3v) is 4.89. The first-order valence-corrected chi connectivity index (χ1v) is 10.2. The summed E-state index contributed by atoms with van der Waals surface area (Å²) in [7, 11) is 0. The minimum atomic E-state index is -0.0720. The van der Waals surface area contributed by atoms with E-state index < -0.39 is 0 Å². The van der Waals surface area contributed by atoms with E-state index in [0.717, 1.165) is 28.1 Å². The van der Waals surface area contributed by atoms with Gasteiger partial charge in [-0.2, -0.15) is 0 Å². The Labute approximate surface area is 180 Å². The van der Waals surface area contributed by atoms with Gasteiger partial charge in [0.15, 0.2) is 5.78 Å². The van der Waals surface area contributed by atoms with Gasteiger partial charge < -0.3 is 15.0 Å². The minimum Gasteiger partial charge on any atom is -0.494 e. The highest BCUT2D eigenvalue weighted by molar-refractivity contribution is 5.94. The van der Waals surface area contributed by atoms with Crippen molar-refractivity contribution in [3.05, 3.63) is 78.4 Å². The largest absolute Gasteiger partial charge is 0.494 e. The number of Topliss-reactive ketones (excluding diaryl/α,β-unsaturated/α-hetero) is 1. The number of benzene rings is 3. The molecule has 1 aromatic heterocycles. The van der Waals surface area contributed by atoms with E-state index >= 15 is 0 Å². The number of ketones is 1. The molecule has 0 saturated carbocycles. The zero-order valence-electron chi connectivity index (χ0n) is 17.2. The molecule has 31 heavy (non-hydrogen) atoms. The van der Waals surface area contributed by atoms with Gasteiger partial charge in [-0.3, -0.25) is 9.59 Å². The molecule has 4 aromatic rings. The molecule has 1 heterocycles. The molecular weight excluding hydrogens is 390 g/mol. The Hall–Kier alpha value is -3.93. The van der Waals surface area contributed by atoms with Crippen molar-refractivity contribution in [1.82, 2.24) is 9.97 Å². The number of amides is 1. The lowest BCUT2D eigenvalue weighted by atomic mass is 10.1. The van der Waals surface area contributed by atoms with Crippen LogP contribution in [0.5, 0.6) is 5.75 Å². The van der Waals surface area contributed by atoms with Crippen molar-refractivity contribution in [3.8, 4) is 17.1 Å². The lowest BCUT2D eigenvalue weighted by Crippen LogP contribution is -2.12. The highest BCUT2D eigenvalue weighted by atomic mass is 16.5. The van der Waals surface area contributed by atoms with Gasteiger partial charge in [0, 0.05) is 23.2 Å². The number of imidazole rings is 1. The van der Waals surface area contributed by atoms with Crippen molar-refractivity contribution in [2.75, 3.05) is 11.9 Å². The Balaban J connectivity index is 1.28. The molecule has 2 N–H and O–H groups in total. The van der Waals surface area contributed by atoms with Crippen LogP contribution < -0.4 is 10.1 Å². The van der Waals surface area contributed by atoms with Gasteiger partial charge in [0.05, 0.1) is 17.6 Å². The third-order valence-electron chi connectivity index (χ3n) is 4.89. The highest BCUT2D eigenvalue weighted by Gasteiger charge is 2.08. The quantitative estimate of drug-likeness (QED) is 0.306. The number of anilines is 1. The first-order valence-electron chi connectivity index (χ1n) is 10.2. The molecule has 0 radical (unpaired) electrons. The fraction of sp³-hybridized carbons (Fsp3) is 0.160. The van der Waals surface area contributed by atoms with Gasteiger partial charge in [-0.05, 0) is 61.9 Å². The SMILES string of the molecule is CC(=O)c1ccc(OCCCC(=O)Nc2cccc(-c3nc4ccccc4[nH]3)c2)cc1. The van der Waals surface area contributed by atoms with Crippen molar-refractivity contribution in [1.29, 1.82) is 0 Å². The number of aromatic amines is 1. The third kappa shape index (κ3) is 5.17. The Morgan fingerprint density at radius 3 is 2.58 bits per heavy atom. The second kappa shape index (κ2) is 9.26. The molecule has 0 unspecified atom stereocenters. The zero-order chi connectivity index (χ0) is 21.6. The normalized spacial score (nSPS) is 10.7. The Morgan fingerprint density at radius 2 is 1.81 bits per heavy atom. The molecule has 1 amide bonds. The number of nitrogens with one attached hydrogen (secondary N) is 2. The van der Waals surface area contributed by atoms with Crippen molar-refractivity contribution in [3.63, 3.8) is 0 Å². The van der Waals surface area contributed by atoms with Gasteiger partial charge in [0.2, 0.25) is 5.91 Å². The number of H-pyrrole nitrogens is 1. The molecule has 6 heteroatoms. The molecule has 3 aromatic carbocycles. The molecule has 0 aliphatic heterocycles. The second-order valence-corrected chi connectivity index (χ2v) is 7.26. The van der Waals surface area contributed by atoms with Crippen LogP contribution in [-0.2, 0) is 4.79 Å². The Morgan fingerprint density at radius 1 is 1.00 bits per heavy atom. The topological polar surface area (TPSA) is 84.1 Å². The predicted molar refractivity (Wildman–Crippen MR) is 121 cm³/mol. The van der Waals surface area contributed by atoms with Gasteiger partial charge in [-0.1, -0.05) is 24.3 Å². The predicted octanol–water partition coefficient (Wildman–Crippen LogP) is 5.23. The molecule has 0 bridgehead atoms. The molecule has 0 aliphatic rings. The van der Waals surface area contributed by atoms with Crippen LogP contribution in [0.1, 0.15) is 30.1 Å². The van der Waals surface area contributed by atoms with E-state index in [-0.39, 0.29) is 11.7 Å². The van der Waals surface area contributed by atoms with Crippen LogP contribution in [0.2, 0.25) is 0 Å². The standard InChI is InChI=1S/C25H23N3O3/c1-17(29)18-11-13-21(14-12-18)31-15-5-10-24(30)26-20-7-4-6-19(16-20)25-27-22-8-2-3-9-23(22)28-25/h2-4,6-9,11-14,16H,5,10,15H2,1H3,(H,26,30)(H,27,28). The monoisotopic (exact) mass is 413 g/mol. The van der Waals surface area contributed by atoms with E-state index in [9.17, 15) is 9.59 Å². The fourth-order valence-corrected chi connectivity index (χ4v) is 3.27. The number of hydrogen-bond donors (Lipinski definition) is 2. The zero-order valence-corrected chi connectivity index (χ0v) is 17.2. The number of nitrogens with zero attached hydrogens (tertiary/aromatic N) is 1. The number of carbonyl (C=O) groups excluding carboxylic acids is 2. The molecule has 156 valence electrons. The maximum atomic E-state index is 12.3. The van der Waals surface area contributed by atoms with Gasteiger partial charge in [0.25, 0.3) is 0 Å². The van der Waals surface area contributed by atoms with Gasteiger partial charge in [-0.25, -0.2) is 4.98 Å². The summed E-state index contributed by atoms with van der Waals surface area (Å²) in [5, 5.41) is 2.93. The number of rotatable bonds is 8. The average molecular weight is 413 g/mol. The fourth-order valence-electron chi connectivity index (χ4n) is 3.27. The second-order valence-electron chi connectivity index (χ2n) is 7.26. The van der Waals surface area contributed by atoms with Gasteiger partial charge in [-0.15, -0.1) is 0 Å². The number of carbonyl (C=O) groups is 2. The average Bonchev–Trinajstić information content (AvgIpc) is 3.22.